The summed E-state index contributed by atoms with van der Waals surface area (Å²) < 4.78 is 2.10. The Morgan fingerprint density at radius 2 is 1.69 bits per heavy atom. The standard InChI is InChI=1S/C24H25N3O2/c1-16(23(28)26-13-7-8-14-26)27-22(18-10-3-4-11-19(18)24(27)29)20-15-25(2)21-12-6-5-9-17(20)21/h3-6,9-12,15-16,22H,7-8,13-14H2,1-2H3/t16-,22+/m0/s1. The van der Waals surface area contributed by atoms with Crippen LogP contribution in [0.25, 0.3) is 10.9 Å². The van der Waals surface area contributed by atoms with E-state index in [-0.39, 0.29) is 17.9 Å². The van der Waals surface area contributed by atoms with Gasteiger partial charge < -0.3 is 14.4 Å². The monoisotopic (exact) mass is 387 g/mol. The van der Waals surface area contributed by atoms with Crippen LogP contribution in [0, 0.1) is 0 Å². The van der Waals surface area contributed by atoms with Crippen molar-refractivity contribution >= 4 is 22.7 Å². The number of aromatic nitrogens is 1. The van der Waals surface area contributed by atoms with E-state index in [4.69, 9.17) is 0 Å². The summed E-state index contributed by atoms with van der Waals surface area (Å²) in [5.74, 6) is -0.00697. The fourth-order valence-corrected chi connectivity index (χ4v) is 4.96. The van der Waals surface area contributed by atoms with E-state index >= 15 is 0 Å². The maximum Gasteiger partial charge on any atom is 0.255 e. The van der Waals surface area contributed by atoms with Crippen LogP contribution in [-0.4, -0.2) is 45.3 Å². The highest BCUT2D eigenvalue weighted by atomic mass is 16.2. The van der Waals surface area contributed by atoms with E-state index in [1.807, 2.05) is 55.3 Å². The first-order valence-corrected chi connectivity index (χ1v) is 10.3. The molecule has 29 heavy (non-hydrogen) atoms. The third kappa shape index (κ3) is 2.68. The number of amides is 2. The third-order valence-electron chi connectivity index (χ3n) is 6.41. The first-order chi connectivity index (χ1) is 14.1. The van der Waals surface area contributed by atoms with Gasteiger partial charge in [0.15, 0.2) is 0 Å². The lowest BCUT2D eigenvalue weighted by Gasteiger charge is -2.33. The van der Waals surface area contributed by atoms with Crippen molar-refractivity contribution in [2.75, 3.05) is 13.1 Å². The van der Waals surface area contributed by atoms with Gasteiger partial charge in [0.2, 0.25) is 5.91 Å². The number of hydrogen-bond acceptors (Lipinski definition) is 2. The molecule has 0 saturated carbocycles. The lowest BCUT2D eigenvalue weighted by atomic mass is 9.97. The normalized spacial score (nSPS) is 19.8. The van der Waals surface area contributed by atoms with Crippen LogP contribution in [0.1, 0.15) is 47.3 Å². The molecule has 2 atom stereocenters. The second-order valence-corrected chi connectivity index (χ2v) is 8.12. The molecule has 0 N–H and O–H groups in total. The van der Waals surface area contributed by atoms with Crippen molar-refractivity contribution in [2.45, 2.75) is 31.8 Å². The average molecular weight is 387 g/mol. The van der Waals surface area contributed by atoms with Crippen molar-refractivity contribution in [2.24, 2.45) is 7.05 Å². The molecule has 1 saturated heterocycles. The van der Waals surface area contributed by atoms with Crippen molar-refractivity contribution < 1.29 is 9.59 Å². The number of carbonyl (C=O) groups is 2. The summed E-state index contributed by atoms with van der Waals surface area (Å²) in [6.07, 6.45) is 4.18. The fourth-order valence-electron chi connectivity index (χ4n) is 4.96. The summed E-state index contributed by atoms with van der Waals surface area (Å²) in [7, 11) is 2.03. The maximum atomic E-state index is 13.4. The zero-order chi connectivity index (χ0) is 20.1. The molecule has 5 heteroatoms. The number of fused-ring (bicyclic) bond motifs is 2. The number of para-hydroxylation sites is 1. The number of aryl methyl sites for hydroxylation is 1. The van der Waals surface area contributed by atoms with Gasteiger partial charge in [0, 0.05) is 48.4 Å². The molecule has 0 radical (unpaired) electrons. The lowest BCUT2D eigenvalue weighted by Crippen LogP contribution is -2.47. The summed E-state index contributed by atoms with van der Waals surface area (Å²) in [5.41, 5.74) is 3.88. The van der Waals surface area contributed by atoms with Gasteiger partial charge >= 0.3 is 0 Å². The van der Waals surface area contributed by atoms with E-state index in [0.717, 1.165) is 48.0 Å². The molecule has 2 aliphatic heterocycles. The van der Waals surface area contributed by atoms with Gasteiger partial charge in [0.25, 0.3) is 5.91 Å². The summed E-state index contributed by atoms with van der Waals surface area (Å²) in [4.78, 5) is 30.3. The molecule has 3 heterocycles. The van der Waals surface area contributed by atoms with Crippen LogP contribution < -0.4 is 0 Å². The topological polar surface area (TPSA) is 45.6 Å². The Morgan fingerprint density at radius 1 is 1.00 bits per heavy atom. The van der Waals surface area contributed by atoms with Crippen LogP contribution in [0.5, 0.6) is 0 Å². The van der Waals surface area contributed by atoms with Crippen molar-refractivity contribution in [3.8, 4) is 0 Å². The highest BCUT2D eigenvalue weighted by molar-refractivity contribution is 6.03. The largest absolute Gasteiger partial charge is 0.350 e. The molecule has 1 aromatic heterocycles. The Kier molecular flexibility index (Phi) is 4.19. The van der Waals surface area contributed by atoms with Crippen LogP contribution in [0.4, 0.5) is 0 Å². The highest BCUT2D eigenvalue weighted by Gasteiger charge is 2.44. The molecule has 5 nitrogen and oxygen atoms in total. The van der Waals surface area contributed by atoms with Crippen LogP contribution in [-0.2, 0) is 11.8 Å². The predicted octanol–water partition coefficient (Wildman–Crippen LogP) is 3.73. The van der Waals surface area contributed by atoms with Crippen molar-refractivity contribution in [1.82, 2.24) is 14.4 Å². The molecule has 0 spiro atoms. The Morgan fingerprint density at radius 3 is 2.48 bits per heavy atom. The molecule has 5 rings (SSSR count). The molecule has 0 unspecified atom stereocenters. The van der Waals surface area contributed by atoms with Gasteiger partial charge in [-0.2, -0.15) is 0 Å². The zero-order valence-corrected chi connectivity index (χ0v) is 16.8. The van der Waals surface area contributed by atoms with Gasteiger partial charge in [-0.05, 0) is 37.5 Å². The summed E-state index contributed by atoms with van der Waals surface area (Å²) >= 11 is 0. The second kappa shape index (κ2) is 6.76. The van der Waals surface area contributed by atoms with Crippen molar-refractivity contribution in [3.63, 3.8) is 0 Å². The van der Waals surface area contributed by atoms with Crippen LogP contribution >= 0.6 is 0 Å². The van der Waals surface area contributed by atoms with Gasteiger partial charge in [0.05, 0.1) is 6.04 Å². The quantitative estimate of drug-likeness (QED) is 0.687. The fraction of sp³-hybridized carbons (Fsp3) is 0.333. The van der Waals surface area contributed by atoms with E-state index in [0.29, 0.717) is 5.56 Å². The van der Waals surface area contributed by atoms with Crippen LogP contribution in [0.2, 0.25) is 0 Å². The number of nitrogens with zero attached hydrogens (tertiary/aromatic N) is 3. The first kappa shape index (κ1) is 18.0. The van der Waals surface area contributed by atoms with Gasteiger partial charge in [-0.25, -0.2) is 0 Å². The molecular formula is C24H25N3O2. The highest BCUT2D eigenvalue weighted by Crippen LogP contribution is 2.43. The SMILES string of the molecule is C[C@@H](C(=O)N1CCCC1)N1C(=O)c2ccccc2[C@@H]1c1cn(C)c2ccccc12. The molecule has 2 aliphatic rings. The minimum absolute atomic E-state index is 0.0499. The number of hydrogen-bond donors (Lipinski definition) is 0. The summed E-state index contributed by atoms with van der Waals surface area (Å²) in [6.45, 7) is 3.46. The minimum Gasteiger partial charge on any atom is -0.350 e. The van der Waals surface area contributed by atoms with Crippen LogP contribution in [0.3, 0.4) is 0 Å². The van der Waals surface area contributed by atoms with Gasteiger partial charge in [0.1, 0.15) is 6.04 Å². The summed E-state index contributed by atoms with van der Waals surface area (Å²) in [5, 5.41) is 1.12. The molecule has 2 amide bonds. The van der Waals surface area contributed by atoms with E-state index in [1.165, 1.54) is 0 Å². The first-order valence-electron chi connectivity index (χ1n) is 10.3. The third-order valence-corrected chi connectivity index (χ3v) is 6.41. The molecule has 2 aromatic carbocycles. The number of carbonyl (C=O) groups excluding carboxylic acids is 2. The van der Waals surface area contributed by atoms with Gasteiger partial charge in [-0.15, -0.1) is 0 Å². The van der Waals surface area contributed by atoms with Crippen molar-refractivity contribution in [1.29, 1.82) is 0 Å². The average Bonchev–Trinajstić information content (AvgIpc) is 3.45. The molecule has 0 bridgehead atoms. The Hall–Kier alpha value is -3.08. The van der Waals surface area contributed by atoms with E-state index in [9.17, 15) is 9.59 Å². The molecule has 0 aliphatic carbocycles. The number of likely N-dealkylation sites (tertiary alicyclic amines) is 1. The van der Waals surface area contributed by atoms with Gasteiger partial charge in [-0.3, -0.25) is 9.59 Å². The van der Waals surface area contributed by atoms with Crippen molar-refractivity contribution in [3.05, 3.63) is 71.4 Å². The Bertz CT molecular complexity index is 1110. The molecular weight excluding hydrogens is 362 g/mol. The summed E-state index contributed by atoms with van der Waals surface area (Å²) in [6, 6.07) is 15.2. The number of benzene rings is 2. The predicted molar refractivity (Wildman–Crippen MR) is 113 cm³/mol. The Balaban J connectivity index is 1.65. The van der Waals surface area contributed by atoms with Gasteiger partial charge in [-0.1, -0.05) is 36.4 Å². The van der Waals surface area contributed by atoms with E-state index < -0.39 is 6.04 Å². The maximum absolute atomic E-state index is 13.4. The van der Waals surface area contributed by atoms with E-state index in [2.05, 4.69) is 22.9 Å². The Labute approximate surface area is 170 Å². The van der Waals surface area contributed by atoms with Crippen LogP contribution in [0.15, 0.2) is 54.7 Å². The molecule has 148 valence electrons. The minimum atomic E-state index is -0.503. The second-order valence-electron chi connectivity index (χ2n) is 8.12. The number of rotatable bonds is 3. The molecule has 1 fully saturated rings. The van der Waals surface area contributed by atoms with E-state index in [1.54, 1.807) is 4.90 Å². The lowest BCUT2D eigenvalue weighted by molar-refractivity contribution is -0.134. The zero-order valence-electron chi connectivity index (χ0n) is 16.8. The molecule has 3 aromatic rings. The smallest absolute Gasteiger partial charge is 0.255 e.